The van der Waals surface area contributed by atoms with Gasteiger partial charge in [0.05, 0.1) is 6.20 Å². The normalized spacial score (nSPS) is 17.3. The molecule has 0 aliphatic carbocycles. The monoisotopic (exact) mass is 257 g/mol. The molecule has 4 nitrogen and oxygen atoms in total. The second kappa shape index (κ2) is 5.05. The quantitative estimate of drug-likeness (QED) is 0.908. The summed E-state index contributed by atoms with van der Waals surface area (Å²) in [5, 5.41) is 7.58. The van der Waals surface area contributed by atoms with Gasteiger partial charge in [0.15, 0.2) is 0 Å². The number of ether oxygens (including phenoxy) is 1. The molecule has 0 saturated carbocycles. The van der Waals surface area contributed by atoms with Gasteiger partial charge >= 0.3 is 0 Å². The van der Waals surface area contributed by atoms with Crippen LogP contribution >= 0.6 is 0 Å². The average Bonchev–Trinajstić information content (AvgIpc) is 2.95. The molecule has 0 bridgehead atoms. The first-order valence-electron chi connectivity index (χ1n) is 6.65. The van der Waals surface area contributed by atoms with Crippen LogP contribution in [-0.2, 0) is 20.0 Å². The van der Waals surface area contributed by atoms with E-state index >= 15 is 0 Å². The van der Waals surface area contributed by atoms with E-state index in [4.69, 9.17) is 4.74 Å². The van der Waals surface area contributed by atoms with Gasteiger partial charge in [0, 0.05) is 38.3 Å². The van der Waals surface area contributed by atoms with Gasteiger partial charge in [0.2, 0.25) is 0 Å². The van der Waals surface area contributed by atoms with Crippen molar-refractivity contribution >= 4 is 0 Å². The number of nitrogens with one attached hydrogen (secondary N) is 1. The number of fused-ring (bicyclic) bond motifs is 1. The van der Waals surface area contributed by atoms with E-state index < -0.39 is 0 Å². The van der Waals surface area contributed by atoms with E-state index in [1.807, 2.05) is 24.1 Å². The summed E-state index contributed by atoms with van der Waals surface area (Å²) in [6.45, 7) is 3.82. The molecule has 100 valence electrons. The largest absolute Gasteiger partial charge is 0.488 e. The average molecular weight is 257 g/mol. The lowest BCUT2D eigenvalue weighted by atomic mass is 10.1. The van der Waals surface area contributed by atoms with Gasteiger partial charge in [-0.25, -0.2) is 0 Å². The third-order valence-corrected chi connectivity index (χ3v) is 3.42. The summed E-state index contributed by atoms with van der Waals surface area (Å²) in [6.07, 6.45) is 5.16. The second-order valence-electron chi connectivity index (χ2n) is 5.21. The van der Waals surface area contributed by atoms with Gasteiger partial charge in [0.25, 0.3) is 0 Å². The molecule has 0 amide bonds. The van der Waals surface area contributed by atoms with Crippen molar-refractivity contribution in [3.63, 3.8) is 0 Å². The van der Waals surface area contributed by atoms with Crippen molar-refractivity contribution in [2.75, 3.05) is 6.54 Å². The van der Waals surface area contributed by atoms with Crippen LogP contribution in [0.2, 0.25) is 0 Å². The van der Waals surface area contributed by atoms with Crippen LogP contribution in [0.1, 0.15) is 16.7 Å². The smallest absolute Gasteiger partial charge is 0.123 e. The molecule has 3 rings (SSSR count). The zero-order valence-corrected chi connectivity index (χ0v) is 11.4. The van der Waals surface area contributed by atoms with Crippen molar-refractivity contribution < 1.29 is 4.74 Å². The fourth-order valence-corrected chi connectivity index (χ4v) is 2.50. The molecule has 2 aromatic rings. The van der Waals surface area contributed by atoms with E-state index in [1.165, 1.54) is 16.7 Å². The van der Waals surface area contributed by atoms with Crippen LogP contribution in [0.3, 0.4) is 0 Å². The van der Waals surface area contributed by atoms with Crippen LogP contribution in [-0.4, -0.2) is 22.4 Å². The maximum Gasteiger partial charge on any atom is 0.123 e. The molecule has 1 aromatic heterocycles. The number of aryl methyl sites for hydroxylation is 2. The number of hydrogen-bond acceptors (Lipinski definition) is 3. The minimum atomic E-state index is 0.244. The Morgan fingerprint density at radius 3 is 3.16 bits per heavy atom. The summed E-state index contributed by atoms with van der Waals surface area (Å²) in [5.41, 5.74) is 3.83. The number of hydrogen-bond donors (Lipinski definition) is 1. The van der Waals surface area contributed by atoms with Crippen molar-refractivity contribution in [1.29, 1.82) is 0 Å². The van der Waals surface area contributed by atoms with Gasteiger partial charge in [-0.05, 0) is 18.6 Å². The van der Waals surface area contributed by atoms with E-state index in [1.54, 1.807) is 0 Å². The molecule has 1 aliphatic heterocycles. The molecule has 1 aliphatic rings. The van der Waals surface area contributed by atoms with Crippen molar-refractivity contribution in [2.45, 2.75) is 26.0 Å². The maximum absolute atomic E-state index is 5.92. The first kappa shape index (κ1) is 12.2. The number of rotatable bonds is 4. The summed E-state index contributed by atoms with van der Waals surface area (Å²) in [4.78, 5) is 0. The van der Waals surface area contributed by atoms with Gasteiger partial charge in [0.1, 0.15) is 11.9 Å². The Morgan fingerprint density at radius 1 is 1.47 bits per heavy atom. The van der Waals surface area contributed by atoms with Crippen LogP contribution < -0.4 is 10.1 Å². The Kier molecular flexibility index (Phi) is 3.25. The van der Waals surface area contributed by atoms with Gasteiger partial charge in [-0.15, -0.1) is 0 Å². The first-order valence-corrected chi connectivity index (χ1v) is 6.65. The summed E-state index contributed by atoms with van der Waals surface area (Å²) in [6, 6.07) is 6.40. The Balaban J connectivity index is 1.51. The van der Waals surface area contributed by atoms with Gasteiger partial charge in [-0.3, -0.25) is 4.68 Å². The van der Waals surface area contributed by atoms with Crippen molar-refractivity contribution in [3.05, 3.63) is 47.3 Å². The van der Waals surface area contributed by atoms with Crippen molar-refractivity contribution in [3.8, 4) is 5.75 Å². The molecule has 1 atom stereocenters. The molecule has 1 aromatic carbocycles. The third kappa shape index (κ3) is 2.79. The molecule has 1 N–H and O–H groups in total. The molecule has 0 radical (unpaired) electrons. The predicted molar refractivity (Wildman–Crippen MR) is 74.2 cm³/mol. The highest BCUT2D eigenvalue weighted by atomic mass is 16.5. The van der Waals surface area contributed by atoms with Crippen molar-refractivity contribution in [2.24, 2.45) is 7.05 Å². The maximum atomic E-state index is 5.92. The lowest BCUT2D eigenvalue weighted by molar-refractivity contribution is 0.227. The third-order valence-electron chi connectivity index (χ3n) is 3.42. The first-order chi connectivity index (χ1) is 9.20. The Hall–Kier alpha value is -1.81. The van der Waals surface area contributed by atoms with Crippen LogP contribution in [0.15, 0.2) is 30.6 Å². The molecule has 0 spiro atoms. The van der Waals surface area contributed by atoms with Crippen LogP contribution in [0.4, 0.5) is 0 Å². The van der Waals surface area contributed by atoms with E-state index in [-0.39, 0.29) is 6.10 Å². The highest BCUT2D eigenvalue weighted by molar-refractivity contribution is 5.40. The zero-order valence-electron chi connectivity index (χ0n) is 11.4. The summed E-state index contributed by atoms with van der Waals surface area (Å²) >= 11 is 0. The fourth-order valence-electron chi connectivity index (χ4n) is 2.50. The summed E-state index contributed by atoms with van der Waals surface area (Å²) < 4.78 is 7.74. The molecule has 4 heteroatoms. The fraction of sp³-hybridized carbons (Fsp3) is 0.400. The topological polar surface area (TPSA) is 39.1 Å². The van der Waals surface area contributed by atoms with Crippen LogP contribution in [0.25, 0.3) is 0 Å². The molecular formula is C15H19N3O. The Bertz CT molecular complexity index is 577. The minimum Gasteiger partial charge on any atom is -0.488 e. The second-order valence-corrected chi connectivity index (χ2v) is 5.21. The molecule has 2 heterocycles. The number of aromatic nitrogens is 2. The summed E-state index contributed by atoms with van der Waals surface area (Å²) in [5.74, 6) is 1.04. The van der Waals surface area contributed by atoms with E-state index in [0.29, 0.717) is 0 Å². The van der Waals surface area contributed by atoms with Crippen LogP contribution in [0, 0.1) is 6.92 Å². The molecule has 0 fully saturated rings. The van der Waals surface area contributed by atoms with E-state index in [2.05, 4.69) is 35.5 Å². The van der Waals surface area contributed by atoms with Crippen LogP contribution in [0.5, 0.6) is 5.75 Å². The molecule has 0 saturated heterocycles. The lowest BCUT2D eigenvalue weighted by Crippen LogP contribution is -2.29. The Morgan fingerprint density at radius 2 is 2.37 bits per heavy atom. The highest BCUT2D eigenvalue weighted by Crippen LogP contribution is 2.29. The summed E-state index contributed by atoms with van der Waals surface area (Å²) in [7, 11) is 1.93. The minimum absolute atomic E-state index is 0.244. The molecule has 1 unspecified atom stereocenters. The highest BCUT2D eigenvalue weighted by Gasteiger charge is 2.22. The predicted octanol–water partition coefficient (Wildman–Crippen LogP) is 1.82. The number of nitrogens with zero attached hydrogens (tertiary/aromatic N) is 2. The van der Waals surface area contributed by atoms with E-state index in [0.717, 1.165) is 25.3 Å². The number of benzene rings is 1. The molecular weight excluding hydrogens is 238 g/mol. The van der Waals surface area contributed by atoms with E-state index in [9.17, 15) is 0 Å². The van der Waals surface area contributed by atoms with Gasteiger partial charge < -0.3 is 10.1 Å². The lowest BCUT2D eigenvalue weighted by Gasteiger charge is -2.11. The van der Waals surface area contributed by atoms with Gasteiger partial charge in [-0.2, -0.15) is 5.10 Å². The molecule has 19 heavy (non-hydrogen) atoms. The zero-order chi connectivity index (χ0) is 13.2. The van der Waals surface area contributed by atoms with Crippen molar-refractivity contribution in [1.82, 2.24) is 15.1 Å². The standard InChI is InChI=1S/C15H19N3O/c1-11-3-4-15-13(5-11)6-14(19-15)9-16-7-12-8-17-18(2)10-12/h3-5,8,10,14,16H,6-7,9H2,1-2H3. The van der Waals surface area contributed by atoms with Gasteiger partial charge in [-0.1, -0.05) is 17.7 Å². The SMILES string of the molecule is Cc1ccc2c(c1)CC(CNCc1cnn(C)c1)O2. The Labute approximate surface area is 113 Å².